The summed E-state index contributed by atoms with van der Waals surface area (Å²) in [5.74, 6) is -1.33. The van der Waals surface area contributed by atoms with Gasteiger partial charge in [0.25, 0.3) is 0 Å². The molecule has 1 N–H and O–H groups in total. The Balaban J connectivity index is 2.22. The number of methoxy groups -OCH3 is 1. The summed E-state index contributed by atoms with van der Waals surface area (Å²) in [6.45, 7) is 1.60. The molecular weight excluding hydrogens is 198 g/mol. The van der Waals surface area contributed by atoms with Crippen molar-refractivity contribution in [2.75, 3.05) is 26.8 Å². The molecule has 2 fully saturated rings. The molecule has 1 spiro atoms. The number of ether oxygens (including phenoxy) is 2. The molecule has 1 atom stereocenters. The number of carbonyl (C=O) groups excluding carboxylic acids is 2. The lowest BCUT2D eigenvalue weighted by atomic mass is 9.79. The average molecular weight is 213 g/mol. The van der Waals surface area contributed by atoms with Gasteiger partial charge in [0.1, 0.15) is 12.5 Å². The molecular formula is C10H15NO4. The molecule has 0 saturated carbocycles. The Labute approximate surface area is 88.1 Å². The van der Waals surface area contributed by atoms with Crippen molar-refractivity contribution in [3.63, 3.8) is 0 Å². The van der Waals surface area contributed by atoms with Gasteiger partial charge in [-0.15, -0.1) is 0 Å². The van der Waals surface area contributed by atoms with Gasteiger partial charge in [-0.05, 0) is 25.9 Å². The monoisotopic (exact) mass is 213 g/mol. The standard InChI is InChI=1S/C10H15NO4/c1-14-9(13)8-7(12)6-15-10(8)2-4-11-5-3-10/h8,11H,2-6H2,1H3. The number of esters is 1. The predicted molar refractivity (Wildman–Crippen MR) is 51.3 cm³/mol. The van der Waals surface area contributed by atoms with E-state index in [4.69, 9.17) is 4.74 Å². The minimum absolute atomic E-state index is 0.0414. The maximum Gasteiger partial charge on any atom is 0.319 e. The predicted octanol–water partition coefficient (Wildman–Crippen LogP) is -0.503. The second kappa shape index (κ2) is 3.90. The molecule has 2 heterocycles. The largest absolute Gasteiger partial charge is 0.468 e. The summed E-state index contributed by atoms with van der Waals surface area (Å²) in [5.41, 5.74) is -0.602. The van der Waals surface area contributed by atoms with Crippen LogP contribution in [0.4, 0.5) is 0 Å². The summed E-state index contributed by atoms with van der Waals surface area (Å²) in [7, 11) is 1.31. The van der Waals surface area contributed by atoms with E-state index in [1.807, 2.05) is 0 Å². The number of rotatable bonds is 1. The molecule has 2 rings (SSSR count). The molecule has 0 aliphatic carbocycles. The van der Waals surface area contributed by atoms with E-state index in [9.17, 15) is 9.59 Å². The summed E-state index contributed by atoms with van der Waals surface area (Å²) >= 11 is 0. The number of piperidine rings is 1. The van der Waals surface area contributed by atoms with Crippen LogP contribution >= 0.6 is 0 Å². The second-order valence-corrected chi connectivity index (χ2v) is 4.03. The molecule has 2 saturated heterocycles. The number of hydrogen-bond donors (Lipinski definition) is 1. The molecule has 0 aromatic rings. The van der Waals surface area contributed by atoms with Gasteiger partial charge in [-0.2, -0.15) is 0 Å². The summed E-state index contributed by atoms with van der Waals surface area (Å²) < 4.78 is 10.2. The van der Waals surface area contributed by atoms with Crippen molar-refractivity contribution in [1.82, 2.24) is 5.32 Å². The third kappa shape index (κ3) is 1.66. The lowest BCUT2D eigenvalue weighted by molar-refractivity contribution is -0.155. The summed E-state index contributed by atoms with van der Waals surface area (Å²) in [5, 5.41) is 3.18. The molecule has 5 nitrogen and oxygen atoms in total. The molecule has 2 aliphatic heterocycles. The molecule has 0 bridgehead atoms. The third-order valence-corrected chi connectivity index (χ3v) is 3.24. The van der Waals surface area contributed by atoms with E-state index in [1.54, 1.807) is 0 Å². The Morgan fingerprint density at radius 1 is 1.53 bits per heavy atom. The van der Waals surface area contributed by atoms with Crippen LogP contribution in [-0.2, 0) is 19.1 Å². The number of nitrogens with one attached hydrogen (secondary N) is 1. The van der Waals surface area contributed by atoms with E-state index < -0.39 is 17.5 Å². The van der Waals surface area contributed by atoms with Crippen molar-refractivity contribution in [2.45, 2.75) is 18.4 Å². The van der Waals surface area contributed by atoms with Crippen LogP contribution in [0.25, 0.3) is 0 Å². The minimum Gasteiger partial charge on any atom is -0.468 e. The Hall–Kier alpha value is -0.940. The summed E-state index contributed by atoms with van der Waals surface area (Å²) in [4.78, 5) is 23.2. The van der Waals surface area contributed by atoms with Crippen molar-refractivity contribution in [3.8, 4) is 0 Å². The van der Waals surface area contributed by atoms with Gasteiger partial charge in [-0.3, -0.25) is 9.59 Å². The fourth-order valence-electron chi connectivity index (χ4n) is 2.42. The molecule has 2 aliphatic rings. The highest BCUT2D eigenvalue weighted by atomic mass is 16.5. The molecule has 84 valence electrons. The van der Waals surface area contributed by atoms with Crippen LogP contribution in [0, 0.1) is 5.92 Å². The van der Waals surface area contributed by atoms with Gasteiger partial charge in [0.15, 0.2) is 5.78 Å². The lowest BCUT2D eigenvalue weighted by Gasteiger charge is -2.35. The first-order valence-corrected chi connectivity index (χ1v) is 5.15. The van der Waals surface area contributed by atoms with Gasteiger partial charge in [-0.25, -0.2) is 0 Å². The lowest BCUT2D eigenvalue weighted by Crippen LogP contribution is -2.49. The zero-order valence-electron chi connectivity index (χ0n) is 8.75. The normalized spacial score (nSPS) is 29.4. The Kier molecular flexibility index (Phi) is 2.75. The summed E-state index contributed by atoms with van der Waals surface area (Å²) in [6, 6.07) is 0. The fraction of sp³-hybridized carbons (Fsp3) is 0.800. The maximum atomic E-state index is 11.6. The zero-order chi connectivity index (χ0) is 10.9. The van der Waals surface area contributed by atoms with Gasteiger partial charge < -0.3 is 14.8 Å². The van der Waals surface area contributed by atoms with Crippen molar-refractivity contribution in [3.05, 3.63) is 0 Å². The molecule has 0 radical (unpaired) electrons. The highest BCUT2D eigenvalue weighted by Gasteiger charge is 2.54. The highest BCUT2D eigenvalue weighted by molar-refractivity contribution is 6.02. The SMILES string of the molecule is COC(=O)C1C(=O)COC12CCNCC2. The zero-order valence-corrected chi connectivity index (χ0v) is 8.75. The third-order valence-electron chi connectivity index (χ3n) is 3.24. The molecule has 0 amide bonds. The van der Waals surface area contributed by atoms with E-state index >= 15 is 0 Å². The van der Waals surface area contributed by atoms with Crippen LogP contribution < -0.4 is 5.32 Å². The van der Waals surface area contributed by atoms with Gasteiger partial charge in [0, 0.05) is 0 Å². The van der Waals surface area contributed by atoms with E-state index in [0.717, 1.165) is 13.1 Å². The first-order chi connectivity index (χ1) is 7.19. The molecule has 5 heteroatoms. The molecule has 0 aromatic heterocycles. The number of ketones is 1. The molecule has 1 unspecified atom stereocenters. The minimum atomic E-state index is -0.718. The Morgan fingerprint density at radius 3 is 2.80 bits per heavy atom. The van der Waals surface area contributed by atoms with Gasteiger partial charge in [0.2, 0.25) is 0 Å². The van der Waals surface area contributed by atoms with Crippen molar-refractivity contribution in [1.29, 1.82) is 0 Å². The van der Waals surface area contributed by atoms with Crippen LogP contribution in [-0.4, -0.2) is 44.2 Å². The topological polar surface area (TPSA) is 64.6 Å². The van der Waals surface area contributed by atoms with Crippen LogP contribution in [0.2, 0.25) is 0 Å². The van der Waals surface area contributed by atoms with E-state index in [0.29, 0.717) is 12.8 Å². The highest BCUT2D eigenvalue weighted by Crippen LogP contribution is 2.37. The quantitative estimate of drug-likeness (QED) is 0.470. The van der Waals surface area contributed by atoms with Crippen molar-refractivity contribution < 1.29 is 19.1 Å². The number of Topliss-reactive ketones (excluding diaryl/α,β-unsaturated/α-hetero) is 1. The number of carbonyl (C=O) groups is 2. The Morgan fingerprint density at radius 2 is 2.20 bits per heavy atom. The molecule has 15 heavy (non-hydrogen) atoms. The maximum absolute atomic E-state index is 11.6. The van der Waals surface area contributed by atoms with Gasteiger partial charge in [-0.1, -0.05) is 0 Å². The van der Waals surface area contributed by atoms with Crippen molar-refractivity contribution >= 4 is 11.8 Å². The first kappa shape index (κ1) is 10.6. The van der Waals surface area contributed by atoms with Crippen LogP contribution in [0.15, 0.2) is 0 Å². The average Bonchev–Trinajstić information content (AvgIpc) is 2.56. The van der Waals surface area contributed by atoms with E-state index in [1.165, 1.54) is 7.11 Å². The molecule has 0 aromatic carbocycles. The Bertz CT molecular complexity index is 283. The van der Waals surface area contributed by atoms with Crippen LogP contribution in [0.1, 0.15) is 12.8 Å². The fourth-order valence-corrected chi connectivity index (χ4v) is 2.42. The summed E-state index contributed by atoms with van der Waals surface area (Å²) in [6.07, 6.45) is 1.39. The smallest absolute Gasteiger partial charge is 0.319 e. The van der Waals surface area contributed by atoms with E-state index in [2.05, 4.69) is 10.1 Å². The van der Waals surface area contributed by atoms with Crippen LogP contribution in [0.5, 0.6) is 0 Å². The first-order valence-electron chi connectivity index (χ1n) is 5.15. The number of hydrogen-bond acceptors (Lipinski definition) is 5. The van der Waals surface area contributed by atoms with E-state index in [-0.39, 0.29) is 12.4 Å². The second-order valence-electron chi connectivity index (χ2n) is 4.03. The van der Waals surface area contributed by atoms with Crippen LogP contribution in [0.3, 0.4) is 0 Å². The van der Waals surface area contributed by atoms with Gasteiger partial charge in [0.05, 0.1) is 12.7 Å². The van der Waals surface area contributed by atoms with Gasteiger partial charge >= 0.3 is 5.97 Å². The van der Waals surface area contributed by atoms with Crippen molar-refractivity contribution in [2.24, 2.45) is 5.92 Å².